The fraction of sp³-hybridized carbons (Fsp3) is 0.182. The molecule has 1 amide bonds. The first-order valence-electron chi connectivity index (χ1n) is 8.85. The molecule has 26 heavy (non-hydrogen) atoms. The lowest BCUT2D eigenvalue weighted by molar-refractivity contribution is 0.102. The smallest absolute Gasteiger partial charge is 0.257 e. The van der Waals surface area contributed by atoms with Crippen LogP contribution in [0.3, 0.4) is 0 Å². The van der Waals surface area contributed by atoms with Crippen molar-refractivity contribution in [2.24, 2.45) is 0 Å². The highest BCUT2D eigenvalue weighted by atomic mass is 16.1. The molecule has 0 aliphatic carbocycles. The molecule has 1 aliphatic rings. The summed E-state index contributed by atoms with van der Waals surface area (Å²) in [6.07, 6.45) is 2.88. The van der Waals surface area contributed by atoms with Gasteiger partial charge in [-0.05, 0) is 48.2 Å². The number of pyridine rings is 1. The van der Waals surface area contributed by atoms with Crippen LogP contribution in [0.4, 0.5) is 11.5 Å². The summed E-state index contributed by atoms with van der Waals surface area (Å²) >= 11 is 0. The molecule has 0 radical (unpaired) electrons. The average molecular weight is 343 g/mol. The number of benzene rings is 2. The Morgan fingerprint density at radius 1 is 1.00 bits per heavy atom. The first kappa shape index (κ1) is 16.3. The molecule has 0 saturated carbocycles. The second-order valence-electron chi connectivity index (χ2n) is 6.61. The molecule has 0 spiro atoms. The zero-order valence-corrected chi connectivity index (χ0v) is 14.8. The Labute approximate surface area is 153 Å². The van der Waals surface area contributed by atoms with Crippen molar-refractivity contribution in [2.45, 2.75) is 19.9 Å². The number of anilines is 2. The van der Waals surface area contributed by atoms with Crippen LogP contribution >= 0.6 is 0 Å². The predicted octanol–water partition coefficient (Wildman–Crippen LogP) is 4.21. The van der Waals surface area contributed by atoms with Crippen LogP contribution in [0.2, 0.25) is 0 Å². The van der Waals surface area contributed by atoms with E-state index in [4.69, 9.17) is 0 Å². The number of aromatic nitrogens is 1. The van der Waals surface area contributed by atoms with Gasteiger partial charge in [0.15, 0.2) is 0 Å². The van der Waals surface area contributed by atoms with Gasteiger partial charge in [-0.15, -0.1) is 0 Å². The second kappa shape index (κ2) is 7.00. The molecular weight excluding hydrogens is 322 g/mol. The normalized spacial score (nSPS) is 13.2. The summed E-state index contributed by atoms with van der Waals surface area (Å²) < 4.78 is 0. The molecule has 0 saturated heterocycles. The average Bonchev–Trinajstić information content (AvgIpc) is 2.68. The lowest BCUT2D eigenvalue weighted by Gasteiger charge is -2.30. The van der Waals surface area contributed by atoms with Crippen LogP contribution in [0.15, 0.2) is 66.9 Å². The molecule has 1 aromatic heterocycles. The number of carbonyl (C=O) groups is 1. The van der Waals surface area contributed by atoms with Gasteiger partial charge in [0.05, 0.1) is 11.9 Å². The Balaban J connectivity index is 1.46. The second-order valence-corrected chi connectivity index (χ2v) is 6.61. The molecule has 3 aromatic rings. The van der Waals surface area contributed by atoms with E-state index in [2.05, 4.69) is 39.5 Å². The van der Waals surface area contributed by atoms with Crippen molar-refractivity contribution in [3.8, 4) is 0 Å². The summed E-state index contributed by atoms with van der Waals surface area (Å²) in [7, 11) is 0. The number of carbonyl (C=O) groups excluding carboxylic acids is 1. The minimum atomic E-state index is -0.129. The number of nitrogens with zero attached hydrogens (tertiary/aromatic N) is 2. The molecule has 2 aromatic carbocycles. The number of nitrogens with one attached hydrogen (secondary N) is 1. The molecule has 4 heteroatoms. The van der Waals surface area contributed by atoms with Gasteiger partial charge in [-0.2, -0.15) is 0 Å². The minimum Gasteiger partial charge on any atom is -0.366 e. The van der Waals surface area contributed by atoms with E-state index in [1.807, 2.05) is 49.5 Å². The largest absolute Gasteiger partial charge is 0.366 e. The number of amides is 1. The molecular formula is C22H21N3O. The number of aryl methyl sites for hydroxylation is 1. The van der Waals surface area contributed by atoms with Gasteiger partial charge >= 0.3 is 0 Å². The standard InChI is InChI=1S/C22H21N3O/c1-16-6-2-5-9-20(16)22(26)24-21-11-10-19(14-23-21)25-13-12-17-7-3-4-8-18(17)15-25/h2-11,14H,12-13,15H2,1H3,(H,23,24,26). The molecule has 4 rings (SSSR count). The van der Waals surface area contributed by atoms with Crippen LogP contribution in [0.1, 0.15) is 27.0 Å². The van der Waals surface area contributed by atoms with Gasteiger partial charge in [0.25, 0.3) is 5.91 Å². The molecule has 0 unspecified atom stereocenters. The molecule has 0 fully saturated rings. The lowest BCUT2D eigenvalue weighted by Crippen LogP contribution is -2.30. The van der Waals surface area contributed by atoms with Crippen molar-refractivity contribution in [1.82, 2.24) is 4.98 Å². The van der Waals surface area contributed by atoms with Gasteiger partial charge in [0.2, 0.25) is 0 Å². The summed E-state index contributed by atoms with van der Waals surface area (Å²) in [5.74, 6) is 0.440. The van der Waals surface area contributed by atoms with E-state index < -0.39 is 0 Å². The summed E-state index contributed by atoms with van der Waals surface area (Å²) in [5, 5.41) is 2.88. The fourth-order valence-corrected chi connectivity index (χ4v) is 3.37. The van der Waals surface area contributed by atoms with Crippen LogP contribution in [-0.2, 0) is 13.0 Å². The Bertz CT molecular complexity index is 934. The summed E-state index contributed by atoms with van der Waals surface area (Å²) in [5.41, 5.74) is 5.50. The van der Waals surface area contributed by atoms with E-state index in [9.17, 15) is 4.79 Å². The first-order valence-corrected chi connectivity index (χ1v) is 8.85. The summed E-state index contributed by atoms with van der Waals surface area (Å²) in [6, 6.07) is 20.0. The van der Waals surface area contributed by atoms with Gasteiger partial charge in [-0.1, -0.05) is 42.5 Å². The van der Waals surface area contributed by atoms with Crippen LogP contribution in [0.25, 0.3) is 0 Å². The molecule has 4 nitrogen and oxygen atoms in total. The zero-order chi connectivity index (χ0) is 17.9. The molecule has 0 atom stereocenters. The number of hydrogen-bond donors (Lipinski definition) is 1. The van der Waals surface area contributed by atoms with E-state index in [1.54, 1.807) is 0 Å². The van der Waals surface area contributed by atoms with Crippen molar-refractivity contribution in [3.63, 3.8) is 0 Å². The summed E-state index contributed by atoms with van der Waals surface area (Å²) in [4.78, 5) is 19.2. The SMILES string of the molecule is Cc1ccccc1C(=O)Nc1ccc(N2CCc3ccccc3C2)cn1. The highest BCUT2D eigenvalue weighted by Gasteiger charge is 2.16. The molecule has 1 N–H and O–H groups in total. The van der Waals surface area contributed by atoms with Gasteiger partial charge in [0.1, 0.15) is 5.82 Å². The van der Waals surface area contributed by atoms with E-state index in [-0.39, 0.29) is 5.91 Å². The van der Waals surface area contributed by atoms with Gasteiger partial charge < -0.3 is 10.2 Å². The van der Waals surface area contributed by atoms with Crippen LogP contribution in [0.5, 0.6) is 0 Å². The molecule has 0 bridgehead atoms. The third kappa shape index (κ3) is 3.31. The van der Waals surface area contributed by atoms with Crippen molar-refractivity contribution in [1.29, 1.82) is 0 Å². The van der Waals surface area contributed by atoms with E-state index >= 15 is 0 Å². The Morgan fingerprint density at radius 2 is 1.77 bits per heavy atom. The molecule has 2 heterocycles. The Hall–Kier alpha value is -3.14. The van der Waals surface area contributed by atoms with Crippen LogP contribution < -0.4 is 10.2 Å². The quantitative estimate of drug-likeness (QED) is 0.775. The van der Waals surface area contributed by atoms with Crippen LogP contribution in [0, 0.1) is 6.92 Å². The van der Waals surface area contributed by atoms with Crippen molar-refractivity contribution < 1.29 is 4.79 Å². The first-order chi connectivity index (χ1) is 12.7. The maximum atomic E-state index is 12.4. The third-order valence-electron chi connectivity index (χ3n) is 4.87. The highest BCUT2D eigenvalue weighted by Crippen LogP contribution is 2.24. The predicted molar refractivity (Wildman–Crippen MR) is 105 cm³/mol. The Morgan fingerprint density at radius 3 is 2.54 bits per heavy atom. The molecule has 1 aliphatic heterocycles. The number of fused-ring (bicyclic) bond motifs is 1. The monoisotopic (exact) mass is 343 g/mol. The maximum Gasteiger partial charge on any atom is 0.257 e. The van der Waals surface area contributed by atoms with E-state index in [1.165, 1.54) is 11.1 Å². The van der Waals surface area contributed by atoms with Crippen molar-refractivity contribution >= 4 is 17.4 Å². The van der Waals surface area contributed by atoms with Gasteiger partial charge in [-0.3, -0.25) is 4.79 Å². The highest BCUT2D eigenvalue weighted by molar-refractivity contribution is 6.04. The third-order valence-corrected chi connectivity index (χ3v) is 4.87. The molecule has 130 valence electrons. The summed E-state index contributed by atoms with van der Waals surface area (Å²) in [6.45, 7) is 3.81. The lowest BCUT2D eigenvalue weighted by atomic mass is 10.00. The number of hydrogen-bond acceptors (Lipinski definition) is 3. The van der Waals surface area contributed by atoms with E-state index in [0.29, 0.717) is 11.4 Å². The Kier molecular flexibility index (Phi) is 4.40. The fourth-order valence-electron chi connectivity index (χ4n) is 3.37. The van der Waals surface area contributed by atoms with Crippen molar-refractivity contribution in [3.05, 3.63) is 89.1 Å². The van der Waals surface area contributed by atoms with Crippen molar-refractivity contribution in [2.75, 3.05) is 16.8 Å². The minimum absolute atomic E-state index is 0.129. The van der Waals surface area contributed by atoms with Crippen LogP contribution in [-0.4, -0.2) is 17.4 Å². The maximum absolute atomic E-state index is 12.4. The van der Waals surface area contributed by atoms with E-state index in [0.717, 1.165) is 30.8 Å². The van der Waals surface area contributed by atoms with Gasteiger partial charge in [0, 0.05) is 18.7 Å². The topological polar surface area (TPSA) is 45.2 Å². The number of rotatable bonds is 3. The zero-order valence-electron chi connectivity index (χ0n) is 14.8. The van der Waals surface area contributed by atoms with Gasteiger partial charge in [-0.25, -0.2) is 4.98 Å².